The molecule has 1 radical (unpaired) electrons. The van der Waals surface area contributed by atoms with Crippen LogP contribution in [0.25, 0.3) is 6.08 Å². The molecule has 12 heavy (non-hydrogen) atoms. The van der Waals surface area contributed by atoms with Gasteiger partial charge in [-0.25, -0.2) is 0 Å². The minimum atomic E-state index is -0.292. The summed E-state index contributed by atoms with van der Waals surface area (Å²) < 4.78 is 0. The molecule has 1 aliphatic rings. The maximum absolute atomic E-state index is 10.3. The van der Waals surface area contributed by atoms with E-state index in [1.807, 2.05) is 36.6 Å². The van der Waals surface area contributed by atoms with Gasteiger partial charge in [-0.2, -0.15) is 0 Å². The largest absolute Gasteiger partial charge is 0.371 e. The highest BCUT2D eigenvalue weighted by Gasteiger charge is 2.10. The molecule has 0 aromatic heterocycles. The Kier molecular flexibility index (Phi) is 1.67. The van der Waals surface area contributed by atoms with Gasteiger partial charge in [0, 0.05) is 5.69 Å². The van der Waals surface area contributed by atoms with Crippen molar-refractivity contribution in [3.05, 3.63) is 35.9 Å². The lowest BCUT2D eigenvalue weighted by atomic mass is 10.1. The molecule has 59 valence electrons. The third-order valence-corrected chi connectivity index (χ3v) is 1.87. The van der Waals surface area contributed by atoms with Crippen molar-refractivity contribution >= 4 is 18.0 Å². The smallest absolute Gasteiger partial charge is 0.226 e. The van der Waals surface area contributed by atoms with Crippen LogP contribution in [0.15, 0.2) is 30.3 Å². The average Bonchev–Trinajstić information content (AvgIpc) is 2.17. The number of fused-ring (bicyclic) bond motifs is 1. The summed E-state index contributed by atoms with van der Waals surface area (Å²) in [7, 11) is 0. The first kappa shape index (κ1) is 7.10. The fourth-order valence-electron chi connectivity index (χ4n) is 1.26. The molecule has 0 bridgehead atoms. The maximum atomic E-state index is 10.3. The fraction of sp³-hybridized carbons (Fsp3) is 0.100. The van der Waals surface area contributed by atoms with Crippen molar-refractivity contribution in [2.45, 2.75) is 6.04 Å². The summed E-state index contributed by atoms with van der Waals surface area (Å²) in [5.41, 5.74) is 2.11. The van der Waals surface area contributed by atoms with Crippen molar-refractivity contribution in [3.8, 4) is 0 Å². The van der Waals surface area contributed by atoms with E-state index in [-0.39, 0.29) is 6.04 Å². The van der Waals surface area contributed by atoms with E-state index in [9.17, 15) is 4.79 Å². The van der Waals surface area contributed by atoms with Crippen molar-refractivity contribution in [1.29, 1.82) is 0 Å². The van der Waals surface area contributed by atoms with Crippen molar-refractivity contribution in [3.63, 3.8) is 0 Å². The molecular formula is C10H8NO. The van der Waals surface area contributed by atoms with E-state index >= 15 is 0 Å². The van der Waals surface area contributed by atoms with E-state index in [0.717, 1.165) is 11.3 Å². The lowest BCUT2D eigenvalue weighted by Crippen LogP contribution is -2.20. The minimum Gasteiger partial charge on any atom is -0.371 e. The van der Waals surface area contributed by atoms with Gasteiger partial charge in [0.1, 0.15) is 6.04 Å². The maximum Gasteiger partial charge on any atom is 0.226 e. The highest BCUT2D eigenvalue weighted by Crippen LogP contribution is 2.21. The molecule has 1 aromatic carbocycles. The van der Waals surface area contributed by atoms with Gasteiger partial charge in [-0.3, -0.25) is 4.79 Å². The number of nitrogens with one attached hydrogen (secondary N) is 1. The van der Waals surface area contributed by atoms with E-state index in [0.29, 0.717) is 0 Å². The van der Waals surface area contributed by atoms with Crippen LogP contribution in [0.4, 0.5) is 5.69 Å². The number of hydrogen-bond acceptors (Lipinski definition) is 2. The van der Waals surface area contributed by atoms with Gasteiger partial charge >= 0.3 is 0 Å². The van der Waals surface area contributed by atoms with Gasteiger partial charge in [0.05, 0.1) is 0 Å². The molecule has 0 amide bonds. The topological polar surface area (TPSA) is 29.1 Å². The summed E-state index contributed by atoms with van der Waals surface area (Å²) in [6.45, 7) is 0. The second kappa shape index (κ2) is 2.81. The van der Waals surface area contributed by atoms with Crippen LogP contribution in [0.2, 0.25) is 0 Å². The van der Waals surface area contributed by atoms with Crippen molar-refractivity contribution in [2.24, 2.45) is 0 Å². The van der Waals surface area contributed by atoms with Gasteiger partial charge in [-0.05, 0) is 11.6 Å². The van der Waals surface area contributed by atoms with Crippen molar-refractivity contribution in [1.82, 2.24) is 0 Å². The van der Waals surface area contributed by atoms with Crippen LogP contribution in [-0.4, -0.2) is 12.3 Å². The van der Waals surface area contributed by atoms with Crippen LogP contribution in [0, 0.1) is 0 Å². The summed E-state index contributed by atoms with van der Waals surface area (Å²) in [5.74, 6) is 0. The summed E-state index contributed by atoms with van der Waals surface area (Å²) in [5, 5.41) is 3.04. The van der Waals surface area contributed by atoms with E-state index in [4.69, 9.17) is 0 Å². The Morgan fingerprint density at radius 2 is 2.17 bits per heavy atom. The Hall–Kier alpha value is -1.57. The van der Waals surface area contributed by atoms with Crippen molar-refractivity contribution in [2.75, 3.05) is 5.32 Å². The Balaban J connectivity index is 2.39. The predicted molar refractivity (Wildman–Crippen MR) is 48.6 cm³/mol. The average molecular weight is 158 g/mol. The Bertz CT molecular complexity index is 330. The normalized spacial score (nSPS) is 19.5. The van der Waals surface area contributed by atoms with Crippen LogP contribution in [-0.2, 0) is 4.79 Å². The SMILES string of the molecule is O=[C]C1C=Cc2ccccc2N1. The lowest BCUT2D eigenvalue weighted by molar-refractivity contribution is 0.552. The van der Waals surface area contributed by atoms with Crippen LogP contribution in [0.5, 0.6) is 0 Å². The molecule has 0 aliphatic carbocycles. The molecule has 0 saturated heterocycles. The lowest BCUT2D eigenvalue weighted by Gasteiger charge is -2.16. The summed E-state index contributed by atoms with van der Waals surface area (Å²) >= 11 is 0. The van der Waals surface area contributed by atoms with Gasteiger partial charge in [-0.1, -0.05) is 30.4 Å². The number of anilines is 1. The summed E-state index contributed by atoms with van der Waals surface area (Å²) in [4.78, 5) is 10.3. The number of para-hydroxylation sites is 1. The molecule has 1 atom stereocenters. The van der Waals surface area contributed by atoms with Gasteiger partial charge in [0.15, 0.2) is 0 Å². The zero-order chi connectivity index (χ0) is 8.39. The Morgan fingerprint density at radius 3 is 3.00 bits per heavy atom. The first-order valence-electron chi connectivity index (χ1n) is 3.81. The molecule has 1 unspecified atom stereocenters. The number of carbonyl (C=O) groups excluding carboxylic acids is 1. The molecule has 2 nitrogen and oxygen atoms in total. The van der Waals surface area contributed by atoms with Gasteiger partial charge in [0.2, 0.25) is 6.29 Å². The Labute approximate surface area is 70.9 Å². The van der Waals surface area contributed by atoms with Crippen LogP contribution in [0.3, 0.4) is 0 Å². The third kappa shape index (κ3) is 1.11. The van der Waals surface area contributed by atoms with E-state index in [2.05, 4.69) is 5.32 Å². The van der Waals surface area contributed by atoms with Crippen LogP contribution in [0.1, 0.15) is 5.56 Å². The summed E-state index contributed by atoms with van der Waals surface area (Å²) in [6, 6.07) is 7.56. The van der Waals surface area contributed by atoms with Gasteiger partial charge < -0.3 is 5.32 Å². The molecule has 1 N–H and O–H groups in total. The summed E-state index contributed by atoms with van der Waals surface area (Å²) in [6.07, 6.45) is 5.63. The number of rotatable bonds is 1. The highest BCUT2D eigenvalue weighted by molar-refractivity contribution is 5.79. The highest BCUT2D eigenvalue weighted by atomic mass is 16.1. The predicted octanol–water partition coefficient (Wildman–Crippen LogP) is 1.60. The molecule has 1 heterocycles. The van der Waals surface area contributed by atoms with E-state index in [1.165, 1.54) is 0 Å². The number of benzene rings is 1. The first-order valence-corrected chi connectivity index (χ1v) is 3.81. The fourth-order valence-corrected chi connectivity index (χ4v) is 1.26. The molecular weight excluding hydrogens is 150 g/mol. The zero-order valence-electron chi connectivity index (χ0n) is 6.45. The quantitative estimate of drug-likeness (QED) is 0.672. The molecule has 0 saturated carbocycles. The first-order chi connectivity index (χ1) is 5.90. The second-order valence-corrected chi connectivity index (χ2v) is 2.69. The number of hydrogen-bond donors (Lipinski definition) is 1. The molecule has 0 fully saturated rings. The third-order valence-electron chi connectivity index (χ3n) is 1.87. The molecule has 1 aliphatic heterocycles. The molecule has 0 spiro atoms. The van der Waals surface area contributed by atoms with Gasteiger partial charge in [0.25, 0.3) is 0 Å². The van der Waals surface area contributed by atoms with E-state index < -0.39 is 0 Å². The standard InChI is InChI=1S/C10H8NO/c12-7-9-6-5-8-3-1-2-4-10(8)11-9/h1-6,9,11H. The minimum absolute atomic E-state index is 0.292. The van der Waals surface area contributed by atoms with Crippen LogP contribution >= 0.6 is 0 Å². The monoisotopic (exact) mass is 158 g/mol. The van der Waals surface area contributed by atoms with E-state index in [1.54, 1.807) is 6.08 Å². The van der Waals surface area contributed by atoms with Crippen LogP contribution < -0.4 is 5.32 Å². The Morgan fingerprint density at radius 1 is 1.33 bits per heavy atom. The molecule has 1 aromatic rings. The second-order valence-electron chi connectivity index (χ2n) is 2.69. The zero-order valence-corrected chi connectivity index (χ0v) is 6.45. The molecule has 2 heteroatoms. The molecule has 2 rings (SSSR count). The van der Waals surface area contributed by atoms with Crippen molar-refractivity contribution < 1.29 is 4.79 Å². The van der Waals surface area contributed by atoms with Gasteiger partial charge in [-0.15, -0.1) is 0 Å².